The highest BCUT2D eigenvalue weighted by Gasteiger charge is 2.70. The first-order valence-corrected chi connectivity index (χ1v) is 14.3. The molecule has 3 aliphatic rings. The Morgan fingerprint density at radius 2 is 1.90 bits per heavy atom. The second-order valence-corrected chi connectivity index (χ2v) is 13.4. The molecular weight excluding hydrogens is 524 g/mol. The number of aromatic nitrogens is 2. The van der Waals surface area contributed by atoms with Gasteiger partial charge in [0.05, 0.1) is 6.20 Å². The van der Waals surface area contributed by atoms with Crippen LogP contribution in [0, 0.1) is 28.6 Å². The molecule has 0 spiro atoms. The summed E-state index contributed by atoms with van der Waals surface area (Å²) in [6.45, 7) is 11.4. The van der Waals surface area contributed by atoms with Crippen LogP contribution in [0.2, 0.25) is 0 Å². The van der Waals surface area contributed by atoms with Crippen molar-refractivity contribution in [2.24, 2.45) is 34.3 Å². The van der Waals surface area contributed by atoms with Gasteiger partial charge in [-0.3, -0.25) is 19.2 Å². The number of nitrogens with one attached hydrogen (secondary N) is 2. The van der Waals surface area contributed by atoms with Crippen molar-refractivity contribution >= 4 is 34.4 Å². The lowest BCUT2D eigenvalue weighted by molar-refractivity contribution is -0.146. The van der Waals surface area contributed by atoms with Crippen LogP contribution >= 0.6 is 0 Å². The Hall–Kier alpha value is -3.60. The quantitative estimate of drug-likeness (QED) is 0.441. The molecule has 0 bridgehead atoms. The number of amides is 4. The predicted octanol–water partition coefficient (Wildman–Crippen LogP) is 1.71. The second kappa shape index (κ2) is 10.7. The van der Waals surface area contributed by atoms with Gasteiger partial charge < -0.3 is 26.0 Å². The molecule has 3 fully saturated rings. The van der Waals surface area contributed by atoms with Crippen LogP contribution in [-0.2, 0) is 23.9 Å². The number of carbonyl (C=O) groups excluding carboxylic acids is 4. The second-order valence-electron chi connectivity index (χ2n) is 13.4. The van der Waals surface area contributed by atoms with E-state index in [1.807, 2.05) is 39.0 Å². The van der Waals surface area contributed by atoms with Gasteiger partial charge >= 0.3 is 0 Å². The highest BCUT2D eigenvalue weighted by Crippen LogP contribution is 2.65. The molecule has 6 atom stereocenters. The Morgan fingerprint density at radius 3 is 2.56 bits per heavy atom. The number of fused-ring (bicyclic) bond motifs is 2. The standard InChI is InChI=1S/C30H40N6O5/c1-29(2,3)25(33-20(37)12-16-10-11-41-15-16)28(40)36-14-19-21(30(19,4)5)24(36)27(39)34-23(26(31)38)22-18-9-7-6-8-17(18)13-32-35-22/h6-9,13,16,19,21,23-25H,10-12,14-15H2,1-5H3,(H2,31,38)(H,33,37)(H,34,39)/t16?,19-,21-,23?,24-,25+/m0/s1. The van der Waals surface area contributed by atoms with Crippen molar-refractivity contribution in [3.05, 3.63) is 36.2 Å². The minimum absolute atomic E-state index is 0.0921. The van der Waals surface area contributed by atoms with Gasteiger partial charge in [-0.05, 0) is 35.0 Å². The Kier molecular flexibility index (Phi) is 7.52. The van der Waals surface area contributed by atoms with Crippen molar-refractivity contribution in [3.8, 4) is 0 Å². The zero-order chi connectivity index (χ0) is 29.7. The number of hydrogen-bond donors (Lipinski definition) is 3. The van der Waals surface area contributed by atoms with E-state index in [1.54, 1.807) is 17.2 Å². The Labute approximate surface area is 239 Å². The van der Waals surface area contributed by atoms with E-state index in [0.29, 0.717) is 25.1 Å². The third-order valence-corrected chi connectivity index (χ3v) is 9.12. The molecule has 4 amide bonds. The molecule has 1 saturated carbocycles. The lowest BCUT2D eigenvalue weighted by Gasteiger charge is -2.38. The summed E-state index contributed by atoms with van der Waals surface area (Å²) in [6, 6.07) is 4.40. The number of hydrogen-bond acceptors (Lipinski definition) is 7. The van der Waals surface area contributed by atoms with Crippen molar-refractivity contribution < 1.29 is 23.9 Å². The molecule has 1 aromatic carbocycles. The normalized spacial score (nSPS) is 26.2. The van der Waals surface area contributed by atoms with Gasteiger partial charge in [-0.2, -0.15) is 10.2 Å². The largest absolute Gasteiger partial charge is 0.381 e. The van der Waals surface area contributed by atoms with Gasteiger partial charge in [0, 0.05) is 37.0 Å². The van der Waals surface area contributed by atoms with E-state index in [1.165, 1.54) is 0 Å². The summed E-state index contributed by atoms with van der Waals surface area (Å²) in [5.41, 5.74) is 5.27. The smallest absolute Gasteiger partial charge is 0.246 e. The van der Waals surface area contributed by atoms with Crippen LogP contribution in [0.1, 0.15) is 59.2 Å². The Balaban J connectivity index is 1.40. The SMILES string of the molecule is CC(C)(C)[C@H](NC(=O)CC1CCOC1)C(=O)N1C[C@H]2[C@@H]([C@H]1C(=O)NC(C(N)=O)c1nncc3ccccc13)C2(C)C. The van der Waals surface area contributed by atoms with Crippen LogP contribution in [0.5, 0.6) is 0 Å². The van der Waals surface area contributed by atoms with Gasteiger partial charge in [0.25, 0.3) is 0 Å². The summed E-state index contributed by atoms with van der Waals surface area (Å²) in [6.07, 6.45) is 2.68. The van der Waals surface area contributed by atoms with Gasteiger partial charge in [-0.15, -0.1) is 0 Å². The van der Waals surface area contributed by atoms with Gasteiger partial charge in [-0.25, -0.2) is 0 Å². The number of nitrogens with two attached hydrogens (primary N) is 1. The highest BCUT2D eigenvalue weighted by molar-refractivity contribution is 5.97. The van der Waals surface area contributed by atoms with Gasteiger partial charge in [0.1, 0.15) is 17.8 Å². The average molecular weight is 565 g/mol. The maximum absolute atomic E-state index is 14.1. The molecule has 2 unspecified atom stereocenters. The summed E-state index contributed by atoms with van der Waals surface area (Å²) >= 11 is 0. The molecule has 2 saturated heterocycles. The Morgan fingerprint density at radius 1 is 1.17 bits per heavy atom. The van der Waals surface area contributed by atoms with Gasteiger partial charge in [0.2, 0.25) is 23.6 Å². The molecule has 11 heteroatoms. The number of carbonyl (C=O) groups is 4. The molecule has 4 N–H and O–H groups in total. The molecule has 0 radical (unpaired) electrons. The summed E-state index contributed by atoms with van der Waals surface area (Å²) in [7, 11) is 0. The number of likely N-dealkylation sites (tertiary alicyclic amines) is 1. The summed E-state index contributed by atoms with van der Waals surface area (Å²) < 4.78 is 5.40. The maximum atomic E-state index is 14.1. The van der Waals surface area contributed by atoms with E-state index in [4.69, 9.17) is 10.5 Å². The zero-order valence-corrected chi connectivity index (χ0v) is 24.3. The molecule has 220 valence electrons. The first-order chi connectivity index (χ1) is 19.3. The fourth-order valence-electron chi connectivity index (χ4n) is 6.62. The molecule has 11 nitrogen and oxygen atoms in total. The van der Waals surface area contributed by atoms with Gasteiger partial charge in [0.15, 0.2) is 6.04 Å². The van der Waals surface area contributed by atoms with Crippen LogP contribution in [-0.4, -0.2) is 70.6 Å². The molecule has 2 aromatic rings. The van der Waals surface area contributed by atoms with E-state index < -0.39 is 35.4 Å². The van der Waals surface area contributed by atoms with E-state index in [9.17, 15) is 19.2 Å². The predicted molar refractivity (Wildman–Crippen MR) is 151 cm³/mol. The molecule has 5 rings (SSSR count). The lowest BCUT2D eigenvalue weighted by Crippen LogP contribution is -2.59. The number of primary amides is 1. The van der Waals surface area contributed by atoms with Crippen LogP contribution in [0.4, 0.5) is 0 Å². The van der Waals surface area contributed by atoms with Crippen LogP contribution in [0.25, 0.3) is 10.8 Å². The van der Waals surface area contributed by atoms with Crippen molar-refractivity contribution in [1.29, 1.82) is 0 Å². The van der Waals surface area contributed by atoms with Crippen LogP contribution < -0.4 is 16.4 Å². The van der Waals surface area contributed by atoms with E-state index in [0.717, 1.165) is 11.8 Å². The molecule has 41 heavy (non-hydrogen) atoms. The fourth-order valence-corrected chi connectivity index (χ4v) is 6.62. The summed E-state index contributed by atoms with van der Waals surface area (Å²) in [5.74, 6) is -1.60. The van der Waals surface area contributed by atoms with Crippen LogP contribution in [0.15, 0.2) is 30.5 Å². The van der Waals surface area contributed by atoms with Crippen molar-refractivity contribution in [2.75, 3.05) is 19.8 Å². The first-order valence-electron chi connectivity index (χ1n) is 14.3. The monoisotopic (exact) mass is 564 g/mol. The molecule has 3 heterocycles. The van der Waals surface area contributed by atoms with Crippen molar-refractivity contribution in [1.82, 2.24) is 25.7 Å². The average Bonchev–Trinajstić information content (AvgIpc) is 3.33. The molecule has 1 aromatic heterocycles. The number of benzene rings is 1. The topological polar surface area (TPSA) is 157 Å². The maximum Gasteiger partial charge on any atom is 0.246 e. The van der Waals surface area contributed by atoms with Gasteiger partial charge in [-0.1, -0.05) is 58.9 Å². The van der Waals surface area contributed by atoms with E-state index in [2.05, 4.69) is 34.7 Å². The van der Waals surface area contributed by atoms with Crippen molar-refractivity contribution in [3.63, 3.8) is 0 Å². The number of rotatable bonds is 8. The lowest BCUT2D eigenvalue weighted by atomic mass is 9.84. The summed E-state index contributed by atoms with van der Waals surface area (Å²) in [4.78, 5) is 55.3. The fraction of sp³-hybridized carbons (Fsp3) is 0.600. The third kappa shape index (κ3) is 5.51. The number of piperidine rings is 1. The molecule has 2 aliphatic heterocycles. The first kappa shape index (κ1) is 28.9. The molecular formula is C30H40N6O5. The van der Waals surface area contributed by atoms with E-state index in [-0.39, 0.29) is 47.1 Å². The minimum Gasteiger partial charge on any atom is -0.381 e. The Bertz CT molecular complexity index is 1360. The third-order valence-electron chi connectivity index (χ3n) is 9.12. The minimum atomic E-state index is -1.23. The zero-order valence-electron chi connectivity index (χ0n) is 24.3. The number of nitrogens with zero attached hydrogens (tertiary/aromatic N) is 3. The highest BCUT2D eigenvalue weighted by atomic mass is 16.5. The van der Waals surface area contributed by atoms with E-state index >= 15 is 0 Å². The summed E-state index contributed by atoms with van der Waals surface area (Å²) in [5, 5.41) is 15.3. The van der Waals surface area contributed by atoms with Crippen molar-refractivity contribution in [2.45, 2.75) is 65.6 Å². The molecule has 1 aliphatic carbocycles. The van der Waals surface area contributed by atoms with Crippen LogP contribution in [0.3, 0.4) is 0 Å². The number of ether oxygens (including phenoxy) is 1.